The Morgan fingerprint density at radius 2 is 1.59 bits per heavy atom. The molecule has 0 unspecified atom stereocenters. The van der Waals surface area contributed by atoms with E-state index in [0.717, 1.165) is 12.0 Å². The highest BCUT2D eigenvalue weighted by atomic mass is 32.2. The third kappa shape index (κ3) is 6.99. The summed E-state index contributed by atoms with van der Waals surface area (Å²) in [6.07, 6.45) is 0.924. The number of carbonyl (C=O) groups excluding carboxylic acids is 2. The predicted octanol–water partition coefficient (Wildman–Crippen LogP) is 2.57. The van der Waals surface area contributed by atoms with E-state index >= 15 is 0 Å². The molecule has 29 heavy (non-hydrogen) atoms. The van der Waals surface area contributed by atoms with Crippen molar-refractivity contribution in [3.05, 3.63) is 65.2 Å². The number of amides is 1. The normalized spacial score (nSPS) is 12.4. The second kappa shape index (κ2) is 9.67. The zero-order valence-corrected chi connectivity index (χ0v) is 17.5. The van der Waals surface area contributed by atoms with Gasteiger partial charge in [-0.1, -0.05) is 38.1 Å². The number of nitrogens with one attached hydrogen (secondary N) is 1. The molecule has 2 aromatic carbocycles. The van der Waals surface area contributed by atoms with Crippen LogP contribution in [0, 0.1) is 5.92 Å². The number of primary sulfonamides is 1. The summed E-state index contributed by atoms with van der Waals surface area (Å²) >= 11 is 0. The van der Waals surface area contributed by atoms with Gasteiger partial charge in [-0.2, -0.15) is 0 Å². The summed E-state index contributed by atoms with van der Waals surface area (Å²) in [6, 6.07) is 12.6. The minimum absolute atomic E-state index is 0.00637. The Morgan fingerprint density at radius 1 is 1.00 bits per heavy atom. The van der Waals surface area contributed by atoms with Crippen molar-refractivity contribution in [2.75, 3.05) is 6.61 Å². The van der Waals surface area contributed by atoms with Crippen LogP contribution in [0.15, 0.2) is 53.4 Å². The Morgan fingerprint density at radius 3 is 2.10 bits per heavy atom. The Balaban J connectivity index is 1.86. The number of carbonyl (C=O) groups is 2. The molecule has 0 spiro atoms. The highest BCUT2D eigenvalue weighted by molar-refractivity contribution is 7.89. The smallest absolute Gasteiger partial charge is 0.338 e. The Kier molecular flexibility index (Phi) is 7.53. The molecular weight excluding hydrogens is 392 g/mol. The monoisotopic (exact) mass is 418 g/mol. The number of sulfonamides is 1. The van der Waals surface area contributed by atoms with Gasteiger partial charge in [0.25, 0.3) is 5.91 Å². The highest BCUT2D eigenvalue weighted by Crippen LogP contribution is 2.15. The molecule has 0 fully saturated rings. The largest absolute Gasteiger partial charge is 0.452 e. The predicted molar refractivity (Wildman–Crippen MR) is 110 cm³/mol. The zero-order valence-electron chi connectivity index (χ0n) is 16.7. The summed E-state index contributed by atoms with van der Waals surface area (Å²) in [4.78, 5) is 24.2. The van der Waals surface area contributed by atoms with Crippen LogP contribution in [0.3, 0.4) is 0 Å². The molecule has 0 saturated heterocycles. The molecule has 3 N–H and O–H groups in total. The average molecular weight is 419 g/mol. The molecule has 1 atom stereocenters. The van der Waals surface area contributed by atoms with E-state index < -0.39 is 34.5 Å². The van der Waals surface area contributed by atoms with Crippen LogP contribution in [0.4, 0.5) is 0 Å². The summed E-state index contributed by atoms with van der Waals surface area (Å²) in [5.74, 6) is -0.506. The molecule has 7 nitrogen and oxygen atoms in total. The van der Waals surface area contributed by atoms with Crippen LogP contribution in [-0.2, 0) is 26.0 Å². The molecule has 0 aliphatic heterocycles. The lowest BCUT2D eigenvalue weighted by molar-refractivity contribution is -0.124. The Bertz CT molecular complexity index is 952. The molecule has 0 saturated carbocycles. The van der Waals surface area contributed by atoms with E-state index in [1.54, 1.807) is 31.2 Å². The van der Waals surface area contributed by atoms with Gasteiger partial charge in [0.2, 0.25) is 10.0 Å². The third-order valence-electron chi connectivity index (χ3n) is 4.25. The molecule has 1 amide bonds. The van der Waals surface area contributed by atoms with E-state index in [0.29, 0.717) is 17.0 Å². The van der Waals surface area contributed by atoms with Gasteiger partial charge in [-0.15, -0.1) is 0 Å². The Labute approximate surface area is 171 Å². The fourth-order valence-electron chi connectivity index (χ4n) is 2.78. The van der Waals surface area contributed by atoms with Gasteiger partial charge in [0.1, 0.15) is 0 Å². The second-order valence-electron chi connectivity index (χ2n) is 7.27. The standard InChI is InChI=1S/C21H26N2O5S/c1-14(2)12-16-4-6-18(7-5-16)21(25)28-13-20(24)23-15(3)17-8-10-19(11-9-17)29(22,26)27/h4-11,14-15H,12-13H2,1-3H3,(H,23,24)(H2,22,26,27)/t15-/m1/s1. The minimum atomic E-state index is -3.77. The molecule has 0 bridgehead atoms. The van der Waals surface area contributed by atoms with E-state index in [2.05, 4.69) is 19.2 Å². The van der Waals surface area contributed by atoms with Gasteiger partial charge in [0.05, 0.1) is 16.5 Å². The van der Waals surface area contributed by atoms with Crippen molar-refractivity contribution in [1.29, 1.82) is 0 Å². The summed E-state index contributed by atoms with van der Waals surface area (Å²) in [7, 11) is -3.77. The van der Waals surface area contributed by atoms with Gasteiger partial charge < -0.3 is 10.1 Å². The number of benzene rings is 2. The molecule has 2 aromatic rings. The van der Waals surface area contributed by atoms with E-state index in [-0.39, 0.29) is 4.90 Å². The van der Waals surface area contributed by atoms with Crippen molar-refractivity contribution in [3.63, 3.8) is 0 Å². The number of hydrogen-bond acceptors (Lipinski definition) is 5. The zero-order chi connectivity index (χ0) is 21.6. The van der Waals surface area contributed by atoms with Crippen LogP contribution in [0.1, 0.15) is 48.3 Å². The van der Waals surface area contributed by atoms with Crippen molar-refractivity contribution in [2.45, 2.75) is 38.1 Å². The number of esters is 1. The van der Waals surface area contributed by atoms with Crippen LogP contribution in [0.5, 0.6) is 0 Å². The number of ether oxygens (including phenoxy) is 1. The van der Waals surface area contributed by atoms with Crippen molar-refractivity contribution in [2.24, 2.45) is 11.1 Å². The number of hydrogen-bond donors (Lipinski definition) is 2. The van der Waals surface area contributed by atoms with Crippen molar-refractivity contribution >= 4 is 21.9 Å². The summed E-state index contributed by atoms with van der Waals surface area (Å²) in [6.45, 7) is 5.57. The van der Waals surface area contributed by atoms with Crippen LogP contribution >= 0.6 is 0 Å². The number of nitrogens with two attached hydrogens (primary N) is 1. The summed E-state index contributed by atoms with van der Waals surface area (Å²) < 4.78 is 27.6. The molecular formula is C21H26N2O5S. The first-order chi connectivity index (χ1) is 13.6. The maximum Gasteiger partial charge on any atom is 0.338 e. The lowest BCUT2D eigenvalue weighted by atomic mass is 10.0. The maximum atomic E-state index is 12.1. The van der Waals surface area contributed by atoms with E-state index in [4.69, 9.17) is 9.88 Å². The molecule has 2 rings (SSSR count). The Hall–Kier alpha value is -2.71. The number of rotatable bonds is 8. The van der Waals surface area contributed by atoms with Crippen molar-refractivity contribution < 1.29 is 22.7 Å². The van der Waals surface area contributed by atoms with Crippen LogP contribution in [0.25, 0.3) is 0 Å². The molecule has 0 aliphatic carbocycles. The minimum Gasteiger partial charge on any atom is -0.452 e. The lowest BCUT2D eigenvalue weighted by Gasteiger charge is -2.15. The molecule has 0 heterocycles. The molecule has 156 valence electrons. The lowest BCUT2D eigenvalue weighted by Crippen LogP contribution is -2.31. The molecule has 0 aliphatic rings. The molecule has 8 heteroatoms. The van der Waals surface area contributed by atoms with Crippen molar-refractivity contribution in [3.8, 4) is 0 Å². The summed E-state index contributed by atoms with van der Waals surface area (Å²) in [5, 5.41) is 7.76. The van der Waals surface area contributed by atoms with Gasteiger partial charge in [-0.25, -0.2) is 18.4 Å². The van der Waals surface area contributed by atoms with Crippen LogP contribution in [-0.4, -0.2) is 26.9 Å². The fraction of sp³-hybridized carbons (Fsp3) is 0.333. The van der Waals surface area contributed by atoms with Crippen molar-refractivity contribution in [1.82, 2.24) is 5.32 Å². The first-order valence-electron chi connectivity index (χ1n) is 9.24. The quantitative estimate of drug-likeness (QED) is 0.639. The molecule has 0 aromatic heterocycles. The average Bonchev–Trinajstić information content (AvgIpc) is 2.65. The van der Waals surface area contributed by atoms with Gasteiger partial charge in [-0.05, 0) is 54.7 Å². The van der Waals surface area contributed by atoms with E-state index in [1.807, 2.05) is 12.1 Å². The fourth-order valence-corrected chi connectivity index (χ4v) is 3.29. The first-order valence-corrected chi connectivity index (χ1v) is 10.8. The van der Waals surface area contributed by atoms with Gasteiger partial charge >= 0.3 is 5.97 Å². The third-order valence-corrected chi connectivity index (χ3v) is 5.18. The highest BCUT2D eigenvalue weighted by Gasteiger charge is 2.14. The van der Waals surface area contributed by atoms with Gasteiger partial charge in [-0.3, -0.25) is 4.79 Å². The van der Waals surface area contributed by atoms with Gasteiger partial charge in [0.15, 0.2) is 6.61 Å². The SMILES string of the molecule is CC(C)Cc1ccc(C(=O)OCC(=O)N[C@H](C)c2ccc(S(N)(=O)=O)cc2)cc1. The first kappa shape index (κ1) is 22.6. The van der Waals surface area contributed by atoms with Gasteiger partial charge in [0, 0.05) is 0 Å². The topological polar surface area (TPSA) is 116 Å². The van der Waals surface area contributed by atoms with E-state index in [1.165, 1.54) is 12.1 Å². The van der Waals surface area contributed by atoms with Crippen LogP contribution in [0.2, 0.25) is 0 Å². The second-order valence-corrected chi connectivity index (χ2v) is 8.84. The van der Waals surface area contributed by atoms with E-state index in [9.17, 15) is 18.0 Å². The summed E-state index contributed by atoms with van der Waals surface area (Å²) in [5.41, 5.74) is 2.21. The molecule has 0 radical (unpaired) electrons. The van der Waals surface area contributed by atoms with Crippen LogP contribution < -0.4 is 10.5 Å². The maximum absolute atomic E-state index is 12.1.